The van der Waals surface area contributed by atoms with Crippen LogP contribution in [0, 0.1) is 0 Å². The highest BCUT2D eigenvalue weighted by Crippen LogP contribution is 2.40. The number of likely N-dealkylation sites (tertiary alicyclic amines) is 4. The summed E-state index contributed by atoms with van der Waals surface area (Å²) >= 11 is 0. The van der Waals surface area contributed by atoms with Crippen LogP contribution in [-0.2, 0) is 44.5 Å². The molecule has 20 rings (SSSR count). The van der Waals surface area contributed by atoms with Crippen LogP contribution in [0.3, 0.4) is 0 Å². The number of fused-ring (bicyclic) bond motifs is 4. The van der Waals surface area contributed by atoms with Crippen LogP contribution in [0.5, 0.6) is 46.0 Å². The summed E-state index contributed by atoms with van der Waals surface area (Å²) in [7, 11) is 0. The third kappa shape index (κ3) is 23.8. The fourth-order valence-corrected chi connectivity index (χ4v) is 15.2. The fraction of sp³-hybridized carbons (Fsp3) is 0.333. The lowest BCUT2D eigenvalue weighted by atomic mass is 10.00. The topological polar surface area (TPSA) is 124 Å². The Hall–Kier alpha value is -11.3. The van der Waals surface area contributed by atoms with Gasteiger partial charge < -0.3 is 76.4 Å². The normalized spacial score (nSPS) is 24.4. The van der Waals surface area contributed by atoms with E-state index in [2.05, 4.69) is 24.3 Å². The van der Waals surface area contributed by atoms with E-state index in [9.17, 15) is 2.74 Å². The first kappa shape index (κ1) is 48.3. The molecule has 0 radical (unpaired) electrons. The molecule has 0 saturated carbocycles. The molecule has 0 N–H and O–H groups in total. The van der Waals surface area contributed by atoms with E-state index < -0.39 is 218 Å². The number of piperidine rings is 4. The molecule has 8 aliphatic rings. The summed E-state index contributed by atoms with van der Waals surface area (Å²) in [5.74, 6) is -1.03. The van der Waals surface area contributed by atoms with Crippen molar-refractivity contribution >= 4 is 0 Å². The third-order valence-corrected chi connectivity index (χ3v) is 21.2. The number of hydrogen-bond acceptors (Lipinski definition) is 16. The standard InChI is InChI=1S/4C27H29NO3/c4*1-3-8-22(9-4-1)27(23-10-5-2-6-11-23)31-24-12-7-16-28(19-24)17-15-21-13-14-25-26(18-21)30-20-29-25/h4*1-6,8-11,13-14,18,24,27H,7,12,15-17,19-20H2/t4*24-/m1111/s1/i1D,2D,3D,4D,5D,6D,8D,9D,10D,11D,13D,14D,18D,20D2,27D;1D,2D,3D,4D,5D,6D,8D,9D,10D,11D,13D,14D,18D,27D;13D,14D,15D2,18D,20D2;13D,14D,15D2,18D. The molecular formula is C108H116N4O12. The summed E-state index contributed by atoms with van der Waals surface area (Å²) in [5, 5.41) is 0. The van der Waals surface area contributed by atoms with Crippen molar-refractivity contribution in [2.45, 2.75) is 126 Å². The van der Waals surface area contributed by atoms with Gasteiger partial charge in [0, 0.05) is 57.8 Å². The minimum atomic E-state index is -2.84. The van der Waals surface area contributed by atoms with Gasteiger partial charge in [0.2, 0.25) is 27.1 Å². The van der Waals surface area contributed by atoms with Crippen LogP contribution >= 0.6 is 0 Å². The maximum atomic E-state index is 9.51. The smallest absolute Gasteiger partial charge is 0.231 e. The molecule has 8 aliphatic heterocycles. The number of ether oxygens (including phenoxy) is 12. The number of rotatable bonds is 28. The molecule has 16 heteroatoms. The summed E-state index contributed by atoms with van der Waals surface area (Å²) in [5.41, 5.74) is 1.40. The molecule has 4 saturated heterocycles. The van der Waals surface area contributed by atoms with Crippen molar-refractivity contribution < 1.29 is 114 Å². The average molecular weight is 1700 g/mol. The summed E-state index contributed by atoms with van der Waals surface area (Å²) in [6.45, 7) is -1.41. The summed E-state index contributed by atoms with van der Waals surface area (Å²) in [4.78, 5) is 7.69. The van der Waals surface area contributed by atoms with Crippen LogP contribution < -0.4 is 37.9 Å². The molecule has 640 valence electrons. The van der Waals surface area contributed by atoms with Gasteiger partial charge in [-0.2, -0.15) is 0 Å². The summed E-state index contributed by atoms with van der Waals surface area (Å²) < 4.78 is 418. The predicted octanol–water partition coefficient (Wildman–Crippen LogP) is 20.9. The van der Waals surface area contributed by atoms with Gasteiger partial charge in [0.05, 0.1) is 71.0 Å². The van der Waals surface area contributed by atoms with E-state index in [4.69, 9.17) is 112 Å². The van der Waals surface area contributed by atoms with Crippen LogP contribution in [0.4, 0.5) is 0 Å². The van der Waals surface area contributed by atoms with Gasteiger partial charge in [0.25, 0.3) is 0 Å². The Kier molecular flexibility index (Phi) is 17.1. The van der Waals surface area contributed by atoms with Crippen LogP contribution in [0.25, 0.3) is 0 Å². The SMILES string of the molecule is [2H]c1c([2H])c(C([2H])([2H])CN2CCC[C@@H](OC(c3ccccc3)c3ccccc3)C2)c([2H])c2c1OC([2H])([2H])O2.[2H]c1c([2H])c(C([2H])([2H])CN2CCC[C@@H](OC(c3ccccc3)c3ccccc3)C2)c([2H])c2c1OCO2.[2H]c1c([2H])c([2H])c(C([2H])(O[C@@H]2CCCN(CCc3c([2H])c([2H])c4c(c3[2H])OC([2H])([2H])O4)C2)c2c([2H])c([2H])c([2H])c([2H])c2[2H])c([2H])c1[2H].[2H]c1c([2H])c([2H])c(C([2H])(O[C@@H]2CCCN(CCc3c([2H])c([2H])c4c(c3[2H])OCO4)C2)c2c([2H])c([2H])c([2H])c([2H])c2[2H])c([2H])c1[2H]. The van der Waals surface area contributed by atoms with Crippen molar-refractivity contribution in [2.75, 3.05) is 106 Å². The van der Waals surface area contributed by atoms with E-state index in [0.29, 0.717) is 77.1 Å². The van der Waals surface area contributed by atoms with E-state index in [0.717, 1.165) is 47.9 Å². The highest BCUT2D eigenvalue weighted by atomic mass is 16.7. The molecule has 12 aromatic rings. The van der Waals surface area contributed by atoms with Gasteiger partial charge in [-0.3, -0.25) is 0 Å². The second kappa shape index (κ2) is 43.9. The van der Waals surface area contributed by atoms with E-state index in [1.54, 1.807) is 0 Å². The molecule has 4 fully saturated rings. The minimum absolute atomic E-state index is 0.00888. The lowest BCUT2D eigenvalue weighted by molar-refractivity contribution is -0.0331. The Labute approximate surface area is 791 Å². The first-order valence-electron chi connectivity index (χ1n) is 62.2. The van der Waals surface area contributed by atoms with Gasteiger partial charge in [-0.25, -0.2) is 0 Å². The second-order valence-electron chi connectivity index (χ2n) is 29.8. The molecule has 0 unspecified atom stereocenters. The van der Waals surface area contributed by atoms with Crippen molar-refractivity contribution in [1.29, 1.82) is 0 Å². The molecule has 4 atom stereocenters. The first-order chi connectivity index (χ1) is 78.3. The van der Waals surface area contributed by atoms with Crippen LogP contribution in [0.1, 0.15) is 200 Å². The van der Waals surface area contributed by atoms with Crippen molar-refractivity contribution in [2.24, 2.45) is 0 Å². The van der Waals surface area contributed by atoms with Crippen LogP contribution in [0.2, 0.25) is 0 Å². The minimum Gasteiger partial charge on any atom is -0.454 e. The van der Waals surface area contributed by atoms with Crippen LogP contribution in [-0.4, -0.2) is 150 Å². The molecule has 0 aromatic heterocycles. The van der Waals surface area contributed by atoms with Gasteiger partial charge in [-0.05, 0) is 218 Å². The maximum Gasteiger partial charge on any atom is 0.231 e. The Morgan fingerprint density at radius 1 is 0.298 bits per heavy atom. The van der Waals surface area contributed by atoms with Crippen molar-refractivity contribution in [3.8, 4) is 46.0 Å². The Bertz CT molecular complexity index is 7430. The van der Waals surface area contributed by atoms with Gasteiger partial charge in [-0.1, -0.05) is 266 Å². The van der Waals surface area contributed by atoms with E-state index in [-0.39, 0.29) is 195 Å². The van der Waals surface area contributed by atoms with E-state index >= 15 is 0 Å². The van der Waals surface area contributed by atoms with E-state index in [1.807, 2.05) is 117 Å². The maximum absolute atomic E-state index is 9.51. The van der Waals surface area contributed by atoms with Crippen molar-refractivity contribution in [3.63, 3.8) is 0 Å². The molecular weight excluding hydrogens is 1550 g/mol. The molecule has 0 amide bonds. The number of hydrogen-bond donors (Lipinski definition) is 0. The largest absolute Gasteiger partial charge is 0.454 e. The summed E-state index contributed by atoms with van der Waals surface area (Å²) in [6.07, 6.45) is -7.08. The number of nitrogens with zero attached hydrogens (tertiary/aromatic N) is 4. The quantitative estimate of drug-likeness (QED) is 0.0462. The molecule has 12 aromatic carbocycles. The molecule has 0 spiro atoms. The van der Waals surface area contributed by atoms with Crippen molar-refractivity contribution in [3.05, 3.63) is 381 Å². The molecule has 0 aliphatic carbocycles. The van der Waals surface area contributed by atoms with Gasteiger partial charge in [0.1, 0.15) is 29.9 Å². The Balaban J connectivity index is 0.000000149. The lowest BCUT2D eigenvalue weighted by Gasteiger charge is -2.35. The zero-order chi connectivity index (χ0) is 120. The Morgan fingerprint density at radius 2 is 0.565 bits per heavy atom. The predicted molar refractivity (Wildman–Crippen MR) is 486 cm³/mol. The monoisotopic (exact) mass is 1700 g/mol. The fourth-order valence-electron chi connectivity index (χ4n) is 15.2. The molecule has 16 nitrogen and oxygen atoms in total. The van der Waals surface area contributed by atoms with Crippen molar-refractivity contribution in [1.82, 2.24) is 19.6 Å². The highest BCUT2D eigenvalue weighted by molar-refractivity contribution is 5.48. The summed E-state index contributed by atoms with van der Waals surface area (Å²) in [6, 6.07) is 20.8. The zero-order valence-electron chi connectivity index (χ0n) is 110. The molecule has 8 heterocycles. The molecule has 124 heavy (non-hydrogen) atoms. The Morgan fingerprint density at radius 3 is 0.895 bits per heavy atom. The van der Waals surface area contributed by atoms with Gasteiger partial charge >= 0.3 is 0 Å². The van der Waals surface area contributed by atoms with Gasteiger partial charge in [0.15, 0.2) is 46.0 Å². The van der Waals surface area contributed by atoms with Crippen LogP contribution in [0.15, 0.2) is 315 Å². The number of benzene rings is 12. The zero-order valence-corrected chi connectivity index (χ0v) is 67.7. The highest BCUT2D eigenvalue weighted by Gasteiger charge is 2.32. The second-order valence-corrected chi connectivity index (χ2v) is 29.8. The average Bonchev–Trinajstić information content (AvgIpc) is 1.22. The van der Waals surface area contributed by atoms with Gasteiger partial charge in [-0.15, -0.1) is 0 Å². The third-order valence-electron chi connectivity index (χ3n) is 21.2. The lowest BCUT2D eigenvalue weighted by Crippen LogP contribution is -2.41. The first-order valence-corrected chi connectivity index (χ1v) is 41.2. The van der Waals surface area contributed by atoms with E-state index in [1.165, 1.54) is 0 Å². The molecule has 0 bridgehead atoms.